The van der Waals surface area contributed by atoms with Crippen LogP contribution in [-0.2, 0) is 26.2 Å². The Hall–Kier alpha value is -2.58. The number of nitrogens with one attached hydrogen (secondary N) is 1. The van der Waals surface area contributed by atoms with Gasteiger partial charge in [0.2, 0.25) is 21.8 Å². The van der Waals surface area contributed by atoms with Gasteiger partial charge in [0, 0.05) is 31.1 Å². The Kier molecular flexibility index (Phi) is 10.6. The predicted molar refractivity (Wildman–Crippen MR) is 142 cm³/mol. The van der Waals surface area contributed by atoms with Crippen molar-refractivity contribution in [2.24, 2.45) is 0 Å². The van der Waals surface area contributed by atoms with Gasteiger partial charge >= 0.3 is 0 Å². The topological polar surface area (TPSA) is 86.8 Å². The summed E-state index contributed by atoms with van der Waals surface area (Å²) in [6.07, 6.45) is 2.34. The highest BCUT2D eigenvalue weighted by Crippen LogP contribution is 2.27. The van der Waals surface area contributed by atoms with Gasteiger partial charge in [0.15, 0.2) is 0 Å². The van der Waals surface area contributed by atoms with Crippen molar-refractivity contribution in [2.45, 2.75) is 59.5 Å². The Labute approximate surface area is 214 Å². The maximum absolute atomic E-state index is 13.3. The molecule has 2 rings (SSSR count). The monoisotopic (exact) mass is 521 g/mol. The Morgan fingerprint density at radius 1 is 1.09 bits per heavy atom. The van der Waals surface area contributed by atoms with Crippen LogP contribution in [0.4, 0.5) is 5.69 Å². The number of anilines is 1. The molecule has 192 valence electrons. The second-order valence-corrected chi connectivity index (χ2v) is 11.2. The van der Waals surface area contributed by atoms with E-state index in [4.69, 9.17) is 11.6 Å². The first-order chi connectivity index (χ1) is 16.4. The molecule has 2 aromatic carbocycles. The Morgan fingerprint density at radius 2 is 1.74 bits per heavy atom. The fourth-order valence-electron chi connectivity index (χ4n) is 3.70. The van der Waals surface area contributed by atoms with Gasteiger partial charge in [0.1, 0.15) is 6.04 Å². The molecule has 1 N–H and O–H groups in total. The van der Waals surface area contributed by atoms with Gasteiger partial charge in [-0.3, -0.25) is 13.9 Å². The molecule has 0 saturated carbocycles. The van der Waals surface area contributed by atoms with E-state index in [2.05, 4.69) is 5.32 Å². The van der Waals surface area contributed by atoms with Gasteiger partial charge in [0.05, 0.1) is 11.9 Å². The number of carbonyl (C=O) groups is 2. The van der Waals surface area contributed by atoms with Crippen molar-refractivity contribution in [3.05, 3.63) is 64.2 Å². The summed E-state index contributed by atoms with van der Waals surface area (Å²) < 4.78 is 26.3. The van der Waals surface area contributed by atoms with Gasteiger partial charge in [-0.25, -0.2) is 8.42 Å². The van der Waals surface area contributed by atoms with Crippen molar-refractivity contribution in [1.29, 1.82) is 0 Å². The highest BCUT2D eigenvalue weighted by atomic mass is 35.5. The lowest BCUT2D eigenvalue weighted by Gasteiger charge is -2.29. The summed E-state index contributed by atoms with van der Waals surface area (Å²) in [5.41, 5.74) is 3.30. The van der Waals surface area contributed by atoms with Crippen molar-refractivity contribution < 1.29 is 18.0 Å². The molecular weight excluding hydrogens is 486 g/mol. The van der Waals surface area contributed by atoms with Crippen LogP contribution in [0.1, 0.15) is 49.8 Å². The van der Waals surface area contributed by atoms with Crippen molar-refractivity contribution in [3.63, 3.8) is 0 Å². The molecule has 1 atom stereocenters. The number of amides is 2. The number of benzene rings is 2. The van der Waals surface area contributed by atoms with Crippen molar-refractivity contribution in [1.82, 2.24) is 10.2 Å². The molecule has 0 unspecified atom stereocenters. The van der Waals surface area contributed by atoms with E-state index in [0.29, 0.717) is 30.2 Å². The minimum absolute atomic E-state index is 0.100. The quantitative estimate of drug-likeness (QED) is 0.447. The van der Waals surface area contributed by atoms with Gasteiger partial charge in [-0.1, -0.05) is 54.4 Å². The average molecular weight is 522 g/mol. The minimum Gasteiger partial charge on any atom is -0.354 e. The average Bonchev–Trinajstić information content (AvgIpc) is 2.80. The van der Waals surface area contributed by atoms with Crippen LogP contribution >= 0.6 is 11.6 Å². The summed E-state index contributed by atoms with van der Waals surface area (Å²) in [5, 5.41) is 3.29. The highest BCUT2D eigenvalue weighted by Gasteiger charge is 2.26. The number of rotatable bonds is 12. The molecule has 0 spiro atoms. The fourth-order valence-corrected chi connectivity index (χ4v) is 4.88. The van der Waals surface area contributed by atoms with Gasteiger partial charge in [-0.05, 0) is 56.9 Å². The third kappa shape index (κ3) is 8.54. The molecule has 7 nitrogen and oxygen atoms in total. The summed E-state index contributed by atoms with van der Waals surface area (Å²) in [6, 6.07) is 12.3. The lowest BCUT2D eigenvalue weighted by molar-refractivity contribution is -0.140. The minimum atomic E-state index is -3.58. The lowest BCUT2D eigenvalue weighted by atomic mass is 10.1. The van der Waals surface area contributed by atoms with Gasteiger partial charge in [-0.15, -0.1) is 0 Å². The smallest absolute Gasteiger partial charge is 0.242 e. The van der Waals surface area contributed by atoms with Crippen LogP contribution in [0.15, 0.2) is 42.5 Å². The van der Waals surface area contributed by atoms with E-state index in [1.807, 2.05) is 45.0 Å². The van der Waals surface area contributed by atoms with Crippen LogP contribution in [0, 0.1) is 13.8 Å². The zero-order chi connectivity index (χ0) is 26.2. The Balaban J connectivity index is 2.18. The standard InChI is InChI=1S/C26H36ClN3O4S/c1-6-15-28-26(32)21(4)29(18-22-12-9-19(2)10-13-22)25(31)8-7-16-30(35(5,33)34)24-17-23(27)14-11-20(24)3/h9-14,17,21H,6-8,15-16,18H2,1-5H3,(H,28,32)/t21-/m0/s1. The molecule has 0 saturated heterocycles. The summed E-state index contributed by atoms with van der Waals surface area (Å²) in [5.74, 6) is -0.416. The molecule has 35 heavy (non-hydrogen) atoms. The van der Waals surface area contributed by atoms with E-state index in [1.54, 1.807) is 30.0 Å². The maximum Gasteiger partial charge on any atom is 0.242 e. The van der Waals surface area contributed by atoms with Crippen LogP contribution in [0.5, 0.6) is 0 Å². The van der Waals surface area contributed by atoms with Gasteiger partial charge in [0.25, 0.3) is 0 Å². The SMILES string of the molecule is CCCNC(=O)[C@H](C)N(Cc1ccc(C)cc1)C(=O)CCCN(c1cc(Cl)ccc1C)S(C)(=O)=O. The van der Waals surface area contributed by atoms with Crippen molar-refractivity contribution in [2.75, 3.05) is 23.7 Å². The molecular formula is C26H36ClN3O4S. The predicted octanol–water partition coefficient (Wildman–Crippen LogP) is 4.45. The zero-order valence-corrected chi connectivity index (χ0v) is 22.7. The highest BCUT2D eigenvalue weighted by molar-refractivity contribution is 7.92. The number of sulfonamides is 1. The van der Waals surface area contributed by atoms with Crippen molar-refractivity contribution >= 4 is 39.1 Å². The Morgan fingerprint density at radius 3 is 2.34 bits per heavy atom. The third-order valence-corrected chi connectivity index (χ3v) is 7.20. The van der Waals surface area contributed by atoms with E-state index in [0.717, 1.165) is 29.4 Å². The molecule has 0 aliphatic heterocycles. The maximum atomic E-state index is 13.3. The van der Waals surface area contributed by atoms with E-state index >= 15 is 0 Å². The third-order valence-electron chi connectivity index (χ3n) is 5.78. The van der Waals surface area contributed by atoms with E-state index in [1.165, 1.54) is 4.31 Å². The van der Waals surface area contributed by atoms with Gasteiger partial charge in [-0.2, -0.15) is 0 Å². The number of hydrogen-bond acceptors (Lipinski definition) is 4. The molecule has 9 heteroatoms. The molecule has 0 radical (unpaired) electrons. The first-order valence-electron chi connectivity index (χ1n) is 11.8. The first kappa shape index (κ1) is 28.7. The largest absolute Gasteiger partial charge is 0.354 e. The van der Waals surface area contributed by atoms with Crippen LogP contribution in [0.3, 0.4) is 0 Å². The summed E-state index contributed by atoms with van der Waals surface area (Å²) >= 11 is 6.10. The Bertz CT molecular complexity index is 1120. The van der Waals surface area contributed by atoms with Crippen LogP contribution in [0.2, 0.25) is 5.02 Å². The molecule has 2 amide bonds. The molecule has 0 aliphatic carbocycles. The van der Waals surface area contributed by atoms with E-state index in [-0.39, 0.29) is 24.8 Å². The number of nitrogens with zero attached hydrogens (tertiary/aromatic N) is 2. The first-order valence-corrected chi connectivity index (χ1v) is 14.0. The molecule has 0 aliphatic rings. The molecule has 2 aromatic rings. The second kappa shape index (κ2) is 12.9. The van der Waals surface area contributed by atoms with Crippen LogP contribution < -0.4 is 9.62 Å². The molecule has 0 bridgehead atoms. The summed E-state index contributed by atoms with van der Waals surface area (Å²) in [4.78, 5) is 27.5. The number of aryl methyl sites for hydroxylation is 2. The van der Waals surface area contributed by atoms with E-state index < -0.39 is 16.1 Å². The van der Waals surface area contributed by atoms with Crippen LogP contribution in [-0.4, -0.2) is 50.5 Å². The summed E-state index contributed by atoms with van der Waals surface area (Å²) in [7, 11) is -3.58. The molecule has 0 heterocycles. The van der Waals surface area contributed by atoms with Crippen molar-refractivity contribution in [3.8, 4) is 0 Å². The second-order valence-electron chi connectivity index (χ2n) is 8.84. The van der Waals surface area contributed by atoms with E-state index in [9.17, 15) is 18.0 Å². The van der Waals surface area contributed by atoms with Gasteiger partial charge < -0.3 is 10.2 Å². The lowest BCUT2D eigenvalue weighted by Crippen LogP contribution is -2.47. The fraction of sp³-hybridized carbons (Fsp3) is 0.462. The number of halogens is 1. The van der Waals surface area contributed by atoms with Crippen LogP contribution in [0.25, 0.3) is 0 Å². The summed E-state index contributed by atoms with van der Waals surface area (Å²) in [6.45, 7) is 8.45. The number of carbonyl (C=O) groups excluding carboxylic acids is 2. The molecule has 0 aromatic heterocycles. The number of hydrogen-bond donors (Lipinski definition) is 1. The zero-order valence-electron chi connectivity index (χ0n) is 21.2. The normalized spacial score (nSPS) is 12.2. The molecule has 0 fully saturated rings.